The molecule has 1 saturated heterocycles. The van der Waals surface area contributed by atoms with Crippen LogP contribution in [0.4, 0.5) is 0 Å². The molecule has 0 aromatic heterocycles. The average molecular weight is 399 g/mol. The van der Waals surface area contributed by atoms with Crippen LogP contribution in [0.25, 0.3) is 0 Å². The van der Waals surface area contributed by atoms with Gasteiger partial charge in [0.05, 0.1) is 6.04 Å². The number of nitrogens with zero attached hydrogens (tertiary/aromatic N) is 1. The number of nitrogens with two attached hydrogens (primary N) is 3. The number of aliphatic carboxylic acids is 1. The van der Waals surface area contributed by atoms with Gasteiger partial charge in [-0.15, -0.1) is 0 Å². The average Bonchev–Trinajstić information content (AvgIpc) is 3.17. The molecule has 11 heteroatoms. The number of unbranched alkanes of at least 4 members (excludes halogenated alkanes) is 1. The van der Waals surface area contributed by atoms with Gasteiger partial charge in [0.25, 0.3) is 0 Å². The van der Waals surface area contributed by atoms with E-state index in [2.05, 4.69) is 20.9 Å². The molecule has 1 aliphatic heterocycles. The topological polar surface area (TPSA) is 198 Å². The highest BCUT2D eigenvalue weighted by Gasteiger charge is 2.29. The number of carboxylic acid groups (broad SMARTS) is 1. The lowest BCUT2D eigenvalue weighted by Crippen LogP contribution is -2.54. The molecule has 3 atom stereocenters. The molecule has 1 aliphatic rings. The van der Waals surface area contributed by atoms with Gasteiger partial charge in [0, 0.05) is 6.54 Å². The Bertz CT molecular complexity index is 546. The van der Waals surface area contributed by atoms with Crippen LogP contribution in [0, 0.1) is 0 Å². The second kappa shape index (κ2) is 12.9. The predicted octanol–water partition coefficient (Wildman–Crippen LogP) is -2.02. The maximum Gasteiger partial charge on any atom is 0.326 e. The summed E-state index contributed by atoms with van der Waals surface area (Å²) in [6, 6.07) is -2.21. The molecule has 10 N–H and O–H groups in total. The van der Waals surface area contributed by atoms with Crippen molar-refractivity contribution >= 4 is 23.7 Å². The van der Waals surface area contributed by atoms with Crippen molar-refractivity contribution in [1.82, 2.24) is 16.0 Å². The lowest BCUT2D eigenvalue weighted by molar-refractivity contribution is -0.142. The van der Waals surface area contributed by atoms with E-state index in [1.165, 1.54) is 0 Å². The minimum absolute atomic E-state index is 0.0703. The van der Waals surface area contributed by atoms with Crippen LogP contribution in [0.5, 0.6) is 0 Å². The zero-order valence-corrected chi connectivity index (χ0v) is 16.2. The minimum atomic E-state index is -1.15. The van der Waals surface area contributed by atoms with Gasteiger partial charge in [-0.05, 0) is 58.0 Å². The predicted molar refractivity (Wildman–Crippen MR) is 105 cm³/mol. The molecule has 3 unspecified atom stereocenters. The van der Waals surface area contributed by atoms with Crippen LogP contribution in [-0.2, 0) is 14.4 Å². The first-order chi connectivity index (χ1) is 13.3. The molecule has 0 radical (unpaired) electrons. The second-order valence-corrected chi connectivity index (χ2v) is 6.84. The van der Waals surface area contributed by atoms with Gasteiger partial charge in [0.15, 0.2) is 5.96 Å². The molecule has 11 nitrogen and oxygen atoms in total. The standard InChI is InChI=1S/C17H33N7O4/c18-8-2-1-5-12(23-14(25)11-6-3-9-21-11)15(26)24-13(16(27)28)7-4-10-22-17(19)20/h11-13,21H,1-10,18H2,(H,23,25)(H,24,26)(H,27,28)(H4,19,20,22). The van der Waals surface area contributed by atoms with Crippen molar-refractivity contribution < 1.29 is 19.5 Å². The van der Waals surface area contributed by atoms with Crippen LogP contribution in [0.15, 0.2) is 4.99 Å². The molecule has 28 heavy (non-hydrogen) atoms. The third kappa shape index (κ3) is 9.00. The first-order valence-electron chi connectivity index (χ1n) is 9.67. The van der Waals surface area contributed by atoms with Crippen molar-refractivity contribution in [1.29, 1.82) is 0 Å². The summed E-state index contributed by atoms with van der Waals surface area (Å²) in [5.41, 5.74) is 16.0. The summed E-state index contributed by atoms with van der Waals surface area (Å²) in [6.07, 6.45) is 3.93. The maximum absolute atomic E-state index is 12.6. The Morgan fingerprint density at radius 3 is 2.39 bits per heavy atom. The van der Waals surface area contributed by atoms with Crippen LogP contribution < -0.4 is 33.2 Å². The zero-order valence-electron chi connectivity index (χ0n) is 16.2. The number of carboxylic acids is 1. The lowest BCUT2D eigenvalue weighted by atomic mass is 10.1. The van der Waals surface area contributed by atoms with Crippen molar-refractivity contribution in [2.45, 2.75) is 63.1 Å². The van der Waals surface area contributed by atoms with Crippen molar-refractivity contribution in [3.8, 4) is 0 Å². The SMILES string of the molecule is NCCCCC(NC(=O)C1CCCN1)C(=O)NC(CCCN=C(N)N)C(=O)O. The van der Waals surface area contributed by atoms with Crippen molar-refractivity contribution in [3.63, 3.8) is 0 Å². The molecular formula is C17H33N7O4. The highest BCUT2D eigenvalue weighted by Crippen LogP contribution is 2.08. The fourth-order valence-corrected chi connectivity index (χ4v) is 2.98. The summed E-state index contributed by atoms with van der Waals surface area (Å²) in [5, 5.41) is 17.7. The number of nitrogens with one attached hydrogen (secondary N) is 3. The fraction of sp³-hybridized carbons (Fsp3) is 0.765. The fourth-order valence-electron chi connectivity index (χ4n) is 2.98. The van der Waals surface area contributed by atoms with Gasteiger partial charge < -0.3 is 38.3 Å². The van der Waals surface area contributed by atoms with E-state index in [1.807, 2.05) is 0 Å². The first kappa shape index (κ1) is 23.6. The number of amides is 2. The highest BCUT2D eigenvalue weighted by molar-refractivity contribution is 5.91. The minimum Gasteiger partial charge on any atom is -0.480 e. The molecule has 0 aromatic carbocycles. The van der Waals surface area contributed by atoms with Crippen LogP contribution in [0.2, 0.25) is 0 Å². The maximum atomic E-state index is 12.6. The van der Waals surface area contributed by atoms with Crippen LogP contribution in [0.1, 0.15) is 44.9 Å². The summed E-state index contributed by atoms with van der Waals surface area (Å²) in [7, 11) is 0. The molecule has 1 fully saturated rings. The van der Waals surface area contributed by atoms with Gasteiger partial charge in [-0.2, -0.15) is 0 Å². The molecule has 1 heterocycles. The van der Waals surface area contributed by atoms with Crippen LogP contribution in [-0.4, -0.2) is 66.6 Å². The van der Waals surface area contributed by atoms with E-state index < -0.39 is 24.0 Å². The quantitative estimate of drug-likeness (QED) is 0.104. The molecule has 0 spiro atoms. The molecule has 1 rings (SSSR count). The number of hydrogen-bond acceptors (Lipinski definition) is 6. The summed E-state index contributed by atoms with van der Waals surface area (Å²) in [6.45, 7) is 1.51. The smallest absolute Gasteiger partial charge is 0.326 e. The normalized spacial score (nSPS) is 18.1. The van der Waals surface area contributed by atoms with Gasteiger partial charge in [-0.25, -0.2) is 4.79 Å². The molecule has 0 saturated carbocycles. The Morgan fingerprint density at radius 2 is 1.82 bits per heavy atom. The van der Waals surface area contributed by atoms with Gasteiger partial charge in [-0.3, -0.25) is 14.6 Å². The molecular weight excluding hydrogens is 366 g/mol. The van der Waals surface area contributed by atoms with E-state index in [4.69, 9.17) is 17.2 Å². The largest absolute Gasteiger partial charge is 0.480 e. The van der Waals surface area contributed by atoms with Gasteiger partial charge in [0.1, 0.15) is 12.1 Å². The Morgan fingerprint density at radius 1 is 1.11 bits per heavy atom. The second-order valence-electron chi connectivity index (χ2n) is 6.84. The van der Waals surface area contributed by atoms with Crippen LogP contribution >= 0.6 is 0 Å². The Labute approximate surface area is 164 Å². The Kier molecular flexibility index (Phi) is 10.9. The van der Waals surface area contributed by atoms with Gasteiger partial charge >= 0.3 is 5.97 Å². The summed E-state index contributed by atoms with van der Waals surface area (Å²) >= 11 is 0. The van der Waals surface area contributed by atoms with Crippen molar-refractivity contribution in [2.75, 3.05) is 19.6 Å². The van der Waals surface area contributed by atoms with Crippen LogP contribution in [0.3, 0.4) is 0 Å². The molecule has 0 bridgehead atoms. The third-order valence-electron chi connectivity index (χ3n) is 4.52. The van der Waals surface area contributed by atoms with E-state index in [0.717, 1.165) is 13.0 Å². The van der Waals surface area contributed by atoms with Gasteiger partial charge in [0.2, 0.25) is 11.8 Å². The van der Waals surface area contributed by atoms with E-state index in [-0.39, 0.29) is 30.9 Å². The number of hydrogen-bond donors (Lipinski definition) is 7. The Hall–Kier alpha value is -2.40. The summed E-state index contributed by atoms with van der Waals surface area (Å²) < 4.78 is 0. The van der Waals surface area contributed by atoms with Crippen molar-refractivity contribution in [2.24, 2.45) is 22.2 Å². The summed E-state index contributed by atoms with van der Waals surface area (Å²) in [4.78, 5) is 40.2. The number of aliphatic imine (C=N–C) groups is 1. The number of carbonyl (C=O) groups is 3. The monoisotopic (exact) mass is 399 g/mol. The molecule has 0 aromatic rings. The Balaban J connectivity index is 2.65. The zero-order chi connectivity index (χ0) is 20.9. The van der Waals surface area contributed by atoms with E-state index in [1.54, 1.807) is 0 Å². The highest BCUT2D eigenvalue weighted by atomic mass is 16.4. The van der Waals surface area contributed by atoms with E-state index in [0.29, 0.717) is 38.6 Å². The molecule has 0 aliphatic carbocycles. The third-order valence-corrected chi connectivity index (χ3v) is 4.52. The molecule has 160 valence electrons. The lowest BCUT2D eigenvalue weighted by Gasteiger charge is -2.23. The summed E-state index contributed by atoms with van der Waals surface area (Å²) in [5.74, 6) is -1.98. The van der Waals surface area contributed by atoms with Gasteiger partial charge in [-0.1, -0.05) is 0 Å². The number of guanidine groups is 1. The van der Waals surface area contributed by atoms with E-state index in [9.17, 15) is 19.5 Å². The van der Waals surface area contributed by atoms with E-state index >= 15 is 0 Å². The number of rotatable bonds is 13. The van der Waals surface area contributed by atoms with Crippen molar-refractivity contribution in [3.05, 3.63) is 0 Å². The molecule has 2 amide bonds. The first-order valence-corrected chi connectivity index (χ1v) is 9.67. The number of carbonyl (C=O) groups excluding carboxylic acids is 2.